The summed E-state index contributed by atoms with van der Waals surface area (Å²) in [7, 11) is 0. The van der Waals surface area contributed by atoms with E-state index in [1.54, 1.807) is 36.2 Å². The van der Waals surface area contributed by atoms with E-state index >= 15 is 0 Å². The van der Waals surface area contributed by atoms with Crippen LogP contribution in [-0.4, -0.2) is 28.9 Å². The van der Waals surface area contributed by atoms with Crippen LogP contribution in [0.2, 0.25) is 0 Å². The lowest BCUT2D eigenvalue weighted by molar-refractivity contribution is 0.0733. The zero-order chi connectivity index (χ0) is 21.4. The number of hydrogen-bond donors (Lipinski definition) is 0. The Morgan fingerprint density at radius 1 is 1.03 bits per heavy atom. The van der Waals surface area contributed by atoms with E-state index < -0.39 is 0 Å². The van der Waals surface area contributed by atoms with Gasteiger partial charge in [-0.15, -0.1) is 0 Å². The molecule has 154 valence electrons. The Bertz CT molecular complexity index is 1340. The third-order valence-electron chi connectivity index (χ3n) is 5.51. The molecule has 6 heteroatoms. The van der Waals surface area contributed by atoms with Crippen molar-refractivity contribution in [3.05, 3.63) is 93.8 Å². The minimum atomic E-state index is -0.211. The van der Waals surface area contributed by atoms with Crippen LogP contribution in [0.3, 0.4) is 0 Å². The smallest absolute Gasteiger partial charge is 0.258 e. The van der Waals surface area contributed by atoms with Crippen LogP contribution >= 0.6 is 0 Å². The standard InChI is InChI=1S/C25H20N2O4/c1-16-21(28)19-10-5-11-20(23(19)31-22(16)17-7-3-2-4-8-17)25(29)27-13-14-30-24-18(15-27)9-6-12-26-24/h2-12H,13-15H2,1H3. The number of pyridine rings is 1. The number of nitrogens with zero attached hydrogens (tertiary/aromatic N) is 2. The van der Waals surface area contributed by atoms with Gasteiger partial charge >= 0.3 is 0 Å². The van der Waals surface area contributed by atoms with E-state index in [4.69, 9.17) is 9.15 Å². The maximum absolute atomic E-state index is 13.5. The molecule has 1 aliphatic rings. The highest BCUT2D eigenvalue weighted by molar-refractivity contribution is 6.05. The van der Waals surface area contributed by atoms with Gasteiger partial charge in [0.25, 0.3) is 5.91 Å². The number of benzene rings is 2. The summed E-state index contributed by atoms with van der Waals surface area (Å²) in [4.78, 5) is 32.5. The van der Waals surface area contributed by atoms with Crippen molar-refractivity contribution in [1.29, 1.82) is 0 Å². The molecule has 31 heavy (non-hydrogen) atoms. The minimum Gasteiger partial charge on any atom is -0.476 e. The molecule has 5 rings (SSSR count). The van der Waals surface area contributed by atoms with Crippen molar-refractivity contribution in [2.45, 2.75) is 13.5 Å². The average Bonchev–Trinajstić information content (AvgIpc) is 3.04. The topological polar surface area (TPSA) is 72.6 Å². The summed E-state index contributed by atoms with van der Waals surface area (Å²) < 4.78 is 11.9. The second-order valence-electron chi connectivity index (χ2n) is 7.48. The van der Waals surface area contributed by atoms with Gasteiger partial charge in [-0.2, -0.15) is 0 Å². The van der Waals surface area contributed by atoms with Gasteiger partial charge in [0, 0.05) is 22.9 Å². The van der Waals surface area contributed by atoms with Crippen LogP contribution < -0.4 is 10.2 Å². The largest absolute Gasteiger partial charge is 0.476 e. The van der Waals surface area contributed by atoms with E-state index in [0.29, 0.717) is 53.4 Å². The lowest BCUT2D eigenvalue weighted by Gasteiger charge is -2.20. The molecule has 0 atom stereocenters. The second kappa shape index (κ2) is 7.72. The van der Waals surface area contributed by atoms with E-state index in [0.717, 1.165) is 11.1 Å². The van der Waals surface area contributed by atoms with Crippen LogP contribution in [0.5, 0.6) is 5.88 Å². The highest BCUT2D eigenvalue weighted by Crippen LogP contribution is 2.29. The molecule has 0 fully saturated rings. The highest BCUT2D eigenvalue weighted by Gasteiger charge is 2.25. The Balaban J connectivity index is 1.63. The lowest BCUT2D eigenvalue weighted by Crippen LogP contribution is -2.32. The zero-order valence-corrected chi connectivity index (χ0v) is 17.0. The van der Waals surface area contributed by atoms with Crippen molar-refractivity contribution in [2.75, 3.05) is 13.2 Å². The van der Waals surface area contributed by atoms with Gasteiger partial charge in [0.05, 0.1) is 24.0 Å². The first-order valence-corrected chi connectivity index (χ1v) is 10.1. The molecule has 6 nitrogen and oxygen atoms in total. The number of hydrogen-bond acceptors (Lipinski definition) is 5. The van der Waals surface area contributed by atoms with Gasteiger partial charge in [0.2, 0.25) is 5.88 Å². The molecule has 0 saturated heterocycles. The van der Waals surface area contributed by atoms with Crippen LogP contribution in [-0.2, 0) is 6.54 Å². The van der Waals surface area contributed by atoms with Crippen LogP contribution in [0, 0.1) is 6.92 Å². The predicted octanol–water partition coefficient (Wildman–Crippen LogP) is 4.20. The first-order chi connectivity index (χ1) is 15.1. The number of para-hydroxylation sites is 1. The van der Waals surface area contributed by atoms with Gasteiger partial charge in [-0.05, 0) is 25.1 Å². The molecule has 1 aliphatic heterocycles. The predicted molar refractivity (Wildman–Crippen MR) is 117 cm³/mol. The second-order valence-corrected chi connectivity index (χ2v) is 7.48. The molecule has 3 heterocycles. The Morgan fingerprint density at radius 2 is 1.87 bits per heavy atom. The number of ether oxygens (including phenoxy) is 1. The SMILES string of the molecule is Cc1c(-c2ccccc2)oc2c(C(=O)N3CCOc4ncccc4C3)cccc2c1=O. The van der Waals surface area contributed by atoms with Crippen molar-refractivity contribution < 1.29 is 13.9 Å². The molecule has 0 unspecified atom stereocenters. The van der Waals surface area contributed by atoms with E-state index in [1.165, 1.54) is 0 Å². The molecule has 0 radical (unpaired) electrons. The molecular formula is C25H20N2O4. The number of carbonyl (C=O) groups excluding carboxylic acids is 1. The average molecular weight is 412 g/mol. The van der Waals surface area contributed by atoms with Crippen LogP contribution in [0.4, 0.5) is 0 Å². The van der Waals surface area contributed by atoms with Gasteiger partial charge in [0.1, 0.15) is 12.4 Å². The first kappa shape index (κ1) is 19.1. The van der Waals surface area contributed by atoms with Gasteiger partial charge in [-0.3, -0.25) is 9.59 Å². The van der Waals surface area contributed by atoms with Gasteiger partial charge < -0.3 is 14.1 Å². The fourth-order valence-corrected chi connectivity index (χ4v) is 3.90. The molecule has 1 amide bonds. The van der Waals surface area contributed by atoms with Crippen LogP contribution in [0.1, 0.15) is 21.5 Å². The molecule has 0 aliphatic carbocycles. The van der Waals surface area contributed by atoms with E-state index in [1.807, 2.05) is 42.5 Å². The van der Waals surface area contributed by atoms with Crippen molar-refractivity contribution in [3.8, 4) is 17.2 Å². The molecular weight excluding hydrogens is 392 g/mol. The summed E-state index contributed by atoms with van der Waals surface area (Å²) in [6, 6.07) is 18.3. The number of rotatable bonds is 2. The van der Waals surface area contributed by atoms with E-state index in [2.05, 4.69) is 4.98 Å². The Morgan fingerprint density at radius 3 is 2.71 bits per heavy atom. The Labute approximate surface area is 178 Å². The first-order valence-electron chi connectivity index (χ1n) is 10.1. The Kier molecular flexibility index (Phi) is 4.75. The lowest BCUT2D eigenvalue weighted by atomic mass is 10.0. The summed E-state index contributed by atoms with van der Waals surface area (Å²) in [5, 5.41) is 0.399. The monoisotopic (exact) mass is 412 g/mol. The molecule has 2 aromatic heterocycles. The third-order valence-corrected chi connectivity index (χ3v) is 5.51. The molecule has 0 bridgehead atoms. The number of fused-ring (bicyclic) bond motifs is 2. The van der Waals surface area contributed by atoms with Crippen LogP contribution in [0.25, 0.3) is 22.3 Å². The maximum atomic E-state index is 13.5. The fraction of sp³-hybridized carbons (Fsp3) is 0.160. The fourth-order valence-electron chi connectivity index (χ4n) is 3.90. The summed E-state index contributed by atoms with van der Waals surface area (Å²) in [6.45, 7) is 2.88. The van der Waals surface area contributed by atoms with Gasteiger partial charge in [-0.25, -0.2) is 4.98 Å². The Hall–Kier alpha value is -3.93. The quantitative estimate of drug-likeness (QED) is 0.493. The van der Waals surface area contributed by atoms with Crippen LogP contribution in [0.15, 0.2) is 76.1 Å². The number of carbonyl (C=O) groups is 1. The minimum absolute atomic E-state index is 0.136. The number of amides is 1. The molecule has 0 N–H and O–H groups in total. The maximum Gasteiger partial charge on any atom is 0.258 e. The molecule has 0 spiro atoms. The van der Waals surface area contributed by atoms with Crippen molar-refractivity contribution in [2.24, 2.45) is 0 Å². The normalized spacial score (nSPS) is 13.4. The number of aromatic nitrogens is 1. The van der Waals surface area contributed by atoms with Crippen molar-refractivity contribution >= 4 is 16.9 Å². The van der Waals surface area contributed by atoms with Gasteiger partial charge in [0.15, 0.2) is 11.0 Å². The molecule has 2 aromatic carbocycles. The van der Waals surface area contributed by atoms with Crippen molar-refractivity contribution in [1.82, 2.24) is 9.88 Å². The van der Waals surface area contributed by atoms with E-state index in [9.17, 15) is 9.59 Å². The van der Waals surface area contributed by atoms with Gasteiger partial charge in [-0.1, -0.05) is 42.5 Å². The highest BCUT2D eigenvalue weighted by atomic mass is 16.5. The molecule has 4 aromatic rings. The summed E-state index contributed by atoms with van der Waals surface area (Å²) in [5.74, 6) is 0.813. The van der Waals surface area contributed by atoms with Crippen molar-refractivity contribution in [3.63, 3.8) is 0 Å². The summed E-state index contributed by atoms with van der Waals surface area (Å²) in [5.41, 5.74) is 2.69. The summed E-state index contributed by atoms with van der Waals surface area (Å²) >= 11 is 0. The van der Waals surface area contributed by atoms with E-state index in [-0.39, 0.29) is 11.3 Å². The summed E-state index contributed by atoms with van der Waals surface area (Å²) in [6.07, 6.45) is 1.67. The molecule has 0 saturated carbocycles. The third kappa shape index (κ3) is 3.36. The zero-order valence-electron chi connectivity index (χ0n) is 17.0.